The summed E-state index contributed by atoms with van der Waals surface area (Å²) in [4.78, 5) is 39.0. The lowest BCUT2D eigenvalue weighted by molar-refractivity contribution is -0.140. The zero-order chi connectivity index (χ0) is 15.1. The third-order valence-corrected chi connectivity index (χ3v) is 2.46. The van der Waals surface area contributed by atoms with Crippen molar-refractivity contribution in [3.05, 3.63) is 24.0 Å². The van der Waals surface area contributed by atoms with E-state index in [0.717, 1.165) is 0 Å². The highest BCUT2D eigenvalue weighted by atomic mass is 16.5. The van der Waals surface area contributed by atoms with E-state index in [1.807, 2.05) is 0 Å². The van der Waals surface area contributed by atoms with E-state index < -0.39 is 17.8 Å². The highest BCUT2D eigenvalue weighted by molar-refractivity contribution is 5.92. The summed E-state index contributed by atoms with van der Waals surface area (Å²) in [6, 6.07) is 2.92. The van der Waals surface area contributed by atoms with E-state index in [1.165, 1.54) is 31.4 Å². The molecule has 0 spiro atoms. The summed E-state index contributed by atoms with van der Waals surface area (Å²) in [5.41, 5.74) is 5.60. The van der Waals surface area contributed by atoms with E-state index in [9.17, 15) is 14.4 Å². The number of nitrogens with zero attached hydrogens (tertiary/aromatic N) is 2. The van der Waals surface area contributed by atoms with Gasteiger partial charge in [0.25, 0.3) is 5.91 Å². The van der Waals surface area contributed by atoms with E-state index in [0.29, 0.717) is 5.69 Å². The van der Waals surface area contributed by atoms with Crippen LogP contribution in [0.2, 0.25) is 0 Å². The van der Waals surface area contributed by atoms with Crippen molar-refractivity contribution in [2.24, 2.45) is 5.73 Å². The molecule has 0 saturated carbocycles. The number of methoxy groups -OCH3 is 2. The first-order valence-corrected chi connectivity index (χ1v) is 5.62. The molecule has 0 aliphatic carbocycles. The molecule has 0 aliphatic heterocycles. The Bertz CT molecular complexity index is 500. The van der Waals surface area contributed by atoms with Crippen LogP contribution in [0.5, 0.6) is 0 Å². The smallest absolute Gasteiger partial charge is 0.325 e. The molecule has 1 amide bonds. The first kappa shape index (κ1) is 15.4. The Kier molecular flexibility index (Phi) is 5.45. The topological polar surface area (TPSA) is 112 Å². The number of rotatable bonds is 6. The van der Waals surface area contributed by atoms with E-state index in [-0.39, 0.29) is 18.8 Å². The normalized spacial score (nSPS) is 9.70. The Hall–Kier alpha value is -2.64. The molecule has 1 aromatic heterocycles. The molecule has 0 bridgehead atoms. The van der Waals surface area contributed by atoms with Crippen molar-refractivity contribution in [2.45, 2.75) is 0 Å². The van der Waals surface area contributed by atoms with Crippen LogP contribution >= 0.6 is 0 Å². The van der Waals surface area contributed by atoms with E-state index in [2.05, 4.69) is 14.5 Å². The molecule has 1 aromatic rings. The molecule has 20 heavy (non-hydrogen) atoms. The first-order valence-electron chi connectivity index (χ1n) is 5.62. The Morgan fingerprint density at radius 1 is 1.20 bits per heavy atom. The second-order valence-corrected chi connectivity index (χ2v) is 3.77. The number of amides is 1. The highest BCUT2D eigenvalue weighted by Crippen LogP contribution is 2.14. The zero-order valence-corrected chi connectivity index (χ0v) is 11.2. The molecule has 0 aromatic carbocycles. The van der Waals surface area contributed by atoms with Crippen molar-refractivity contribution >= 4 is 23.5 Å². The largest absolute Gasteiger partial charge is 0.468 e. The Morgan fingerprint density at radius 3 is 2.20 bits per heavy atom. The van der Waals surface area contributed by atoms with Crippen LogP contribution in [0.1, 0.15) is 10.5 Å². The molecular weight excluding hydrogens is 266 g/mol. The molecule has 1 rings (SSSR count). The van der Waals surface area contributed by atoms with Crippen molar-refractivity contribution in [3.8, 4) is 0 Å². The average Bonchev–Trinajstić information content (AvgIpc) is 2.46. The molecule has 0 atom stereocenters. The minimum atomic E-state index is -0.706. The highest BCUT2D eigenvalue weighted by Gasteiger charge is 2.17. The summed E-state index contributed by atoms with van der Waals surface area (Å²) in [5, 5.41) is 0. The van der Waals surface area contributed by atoms with E-state index in [4.69, 9.17) is 5.73 Å². The molecule has 0 unspecified atom stereocenters. The number of nitrogens with two attached hydrogens (primary N) is 1. The monoisotopic (exact) mass is 281 g/mol. The number of ether oxygens (including phenoxy) is 2. The quantitative estimate of drug-likeness (QED) is 0.688. The molecule has 108 valence electrons. The van der Waals surface area contributed by atoms with Crippen LogP contribution in [0.15, 0.2) is 18.3 Å². The lowest BCUT2D eigenvalue weighted by Crippen LogP contribution is -2.35. The lowest BCUT2D eigenvalue weighted by atomic mass is 10.2. The fourth-order valence-electron chi connectivity index (χ4n) is 1.43. The third kappa shape index (κ3) is 4.23. The van der Waals surface area contributed by atoms with Gasteiger partial charge < -0.3 is 20.1 Å². The Labute approximate surface area is 115 Å². The van der Waals surface area contributed by atoms with Gasteiger partial charge in [0, 0.05) is 11.9 Å². The van der Waals surface area contributed by atoms with Gasteiger partial charge in [0.15, 0.2) is 0 Å². The van der Waals surface area contributed by atoms with Crippen LogP contribution in [0.25, 0.3) is 0 Å². The second kappa shape index (κ2) is 7.07. The summed E-state index contributed by atoms with van der Waals surface area (Å²) >= 11 is 0. The van der Waals surface area contributed by atoms with Gasteiger partial charge in [-0.25, -0.2) is 0 Å². The minimum absolute atomic E-state index is 0.0298. The van der Waals surface area contributed by atoms with Crippen LogP contribution in [0.3, 0.4) is 0 Å². The van der Waals surface area contributed by atoms with Crippen LogP contribution < -0.4 is 10.6 Å². The van der Waals surface area contributed by atoms with Crippen LogP contribution in [0.4, 0.5) is 5.69 Å². The molecule has 2 N–H and O–H groups in total. The Morgan fingerprint density at radius 2 is 1.75 bits per heavy atom. The van der Waals surface area contributed by atoms with E-state index in [1.54, 1.807) is 6.07 Å². The van der Waals surface area contributed by atoms with Crippen molar-refractivity contribution in [2.75, 3.05) is 32.2 Å². The number of hydrogen-bond donors (Lipinski definition) is 1. The molecule has 8 nitrogen and oxygen atoms in total. The number of aromatic nitrogens is 1. The van der Waals surface area contributed by atoms with Gasteiger partial charge in [-0.3, -0.25) is 19.4 Å². The number of anilines is 1. The predicted molar refractivity (Wildman–Crippen MR) is 69.0 cm³/mol. The number of carbonyl (C=O) groups is 3. The average molecular weight is 281 g/mol. The van der Waals surface area contributed by atoms with Crippen molar-refractivity contribution in [3.63, 3.8) is 0 Å². The summed E-state index contributed by atoms with van der Waals surface area (Å²) in [5.74, 6) is -1.78. The summed E-state index contributed by atoms with van der Waals surface area (Å²) in [6.45, 7) is -0.346. The van der Waals surface area contributed by atoms with Crippen molar-refractivity contribution in [1.82, 2.24) is 4.98 Å². The van der Waals surface area contributed by atoms with Gasteiger partial charge >= 0.3 is 11.9 Å². The predicted octanol–water partition coefficient (Wildman–Crippen LogP) is -0.667. The molecule has 0 fully saturated rings. The number of hydrogen-bond acceptors (Lipinski definition) is 7. The molecule has 0 radical (unpaired) electrons. The van der Waals surface area contributed by atoms with Gasteiger partial charge in [0.05, 0.1) is 14.2 Å². The van der Waals surface area contributed by atoms with Gasteiger partial charge in [0.2, 0.25) is 0 Å². The summed E-state index contributed by atoms with van der Waals surface area (Å²) < 4.78 is 9.11. The maximum absolute atomic E-state index is 11.4. The Balaban J connectivity index is 3.02. The van der Waals surface area contributed by atoms with Gasteiger partial charge in [-0.05, 0) is 12.1 Å². The maximum Gasteiger partial charge on any atom is 0.325 e. The number of primary amides is 1. The number of pyridine rings is 1. The zero-order valence-electron chi connectivity index (χ0n) is 11.2. The maximum atomic E-state index is 11.4. The first-order chi connectivity index (χ1) is 9.47. The number of esters is 2. The van der Waals surface area contributed by atoms with Crippen LogP contribution in [-0.2, 0) is 19.1 Å². The fourth-order valence-corrected chi connectivity index (χ4v) is 1.43. The van der Waals surface area contributed by atoms with Crippen molar-refractivity contribution in [1.29, 1.82) is 0 Å². The molecular formula is C12H15N3O5. The van der Waals surface area contributed by atoms with Gasteiger partial charge in [0.1, 0.15) is 18.8 Å². The molecule has 8 heteroatoms. The van der Waals surface area contributed by atoms with Crippen LogP contribution in [0, 0.1) is 0 Å². The lowest BCUT2D eigenvalue weighted by Gasteiger charge is -2.22. The molecule has 0 aliphatic rings. The van der Waals surface area contributed by atoms with Gasteiger partial charge in [-0.15, -0.1) is 0 Å². The van der Waals surface area contributed by atoms with Crippen molar-refractivity contribution < 1.29 is 23.9 Å². The minimum Gasteiger partial charge on any atom is -0.468 e. The summed E-state index contributed by atoms with van der Waals surface area (Å²) in [7, 11) is 2.47. The fraction of sp³-hybridized carbons (Fsp3) is 0.333. The van der Waals surface area contributed by atoms with Gasteiger partial charge in [-0.1, -0.05) is 0 Å². The second-order valence-electron chi connectivity index (χ2n) is 3.77. The standard InChI is InChI=1S/C12H15N3O5/c1-19-10(16)6-15(7-11(17)20-2)8-3-4-14-9(5-8)12(13)18/h3-5H,6-7H2,1-2H3,(H2,13,18). The van der Waals surface area contributed by atoms with Gasteiger partial charge in [-0.2, -0.15) is 0 Å². The number of carbonyl (C=O) groups excluding carboxylic acids is 3. The summed E-state index contributed by atoms with van der Waals surface area (Å²) in [6.07, 6.45) is 1.36. The molecule has 0 saturated heterocycles. The SMILES string of the molecule is COC(=O)CN(CC(=O)OC)c1ccnc(C(N)=O)c1. The van der Waals surface area contributed by atoms with E-state index >= 15 is 0 Å². The third-order valence-electron chi connectivity index (χ3n) is 2.46. The molecule has 1 heterocycles. The van der Waals surface area contributed by atoms with Crippen LogP contribution in [-0.4, -0.2) is 50.1 Å².